The maximum Gasteiger partial charge on any atom is 0.326 e. The lowest BCUT2D eigenvalue weighted by molar-refractivity contribution is -0.139. The summed E-state index contributed by atoms with van der Waals surface area (Å²) in [6.07, 6.45) is 6.29. The molecule has 5 N–H and O–H groups in total. The third-order valence-corrected chi connectivity index (χ3v) is 2.55. The van der Waals surface area contributed by atoms with Crippen molar-refractivity contribution < 1.29 is 14.7 Å². The summed E-state index contributed by atoms with van der Waals surface area (Å²) in [6.45, 7) is 0.190. The average molecular weight is 278 g/mol. The zero-order chi connectivity index (χ0) is 14.4. The number of aromatic nitrogens is 4. The fourth-order valence-corrected chi connectivity index (χ4v) is 1.58. The molecule has 0 radical (unpaired) electrons. The number of carbonyl (C=O) groups excluding carboxylic acids is 1. The topological polar surface area (TPSA) is 136 Å². The van der Waals surface area contributed by atoms with Crippen LogP contribution in [0.2, 0.25) is 0 Å². The maximum atomic E-state index is 11.6. The number of carboxylic acids is 1. The summed E-state index contributed by atoms with van der Waals surface area (Å²) in [5, 5.41) is 14.0. The van der Waals surface area contributed by atoms with Gasteiger partial charge in [-0.05, 0) is 0 Å². The van der Waals surface area contributed by atoms with E-state index in [0.29, 0.717) is 11.5 Å². The van der Waals surface area contributed by atoms with E-state index in [1.165, 1.54) is 12.5 Å². The van der Waals surface area contributed by atoms with Crippen molar-refractivity contribution in [1.29, 1.82) is 0 Å². The van der Waals surface area contributed by atoms with Gasteiger partial charge in [-0.2, -0.15) is 0 Å². The maximum absolute atomic E-state index is 11.6. The Morgan fingerprint density at radius 1 is 1.40 bits per heavy atom. The number of carbonyl (C=O) groups is 2. The molecule has 0 spiro atoms. The molecule has 106 valence electrons. The van der Waals surface area contributed by atoms with E-state index in [1.807, 2.05) is 0 Å². The van der Waals surface area contributed by atoms with E-state index in [4.69, 9.17) is 5.11 Å². The highest BCUT2D eigenvalue weighted by Crippen LogP contribution is 1.99. The number of aromatic amines is 2. The van der Waals surface area contributed by atoms with E-state index >= 15 is 0 Å². The third kappa shape index (κ3) is 3.83. The lowest BCUT2D eigenvalue weighted by Crippen LogP contribution is -2.47. The van der Waals surface area contributed by atoms with Gasteiger partial charge in [-0.3, -0.25) is 0 Å². The molecule has 1 atom stereocenters. The van der Waals surface area contributed by atoms with Gasteiger partial charge in [-0.25, -0.2) is 19.6 Å². The number of carboxylic acid groups (broad SMARTS) is 1. The van der Waals surface area contributed by atoms with Gasteiger partial charge in [-0.1, -0.05) is 0 Å². The number of amides is 2. The van der Waals surface area contributed by atoms with Crippen LogP contribution in [0.3, 0.4) is 0 Å². The van der Waals surface area contributed by atoms with Crippen LogP contribution in [0.5, 0.6) is 0 Å². The van der Waals surface area contributed by atoms with Crippen molar-refractivity contribution in [3.8, 4) is 0 Å². The highest BCUT2D eigenvalue weighted by Gasteiger charge is 2.20. The van der Waals surface area contributed by atoms with Crippen LogP contribution < -0.4 is 10.6 Å². The van der Waals surface area contributed by atoms with Gasteiger partial charge in [0, 0.05) is 30.7 Å². The molecule has 0 saturated carbocycles. The van der Waals surface area contributed by atoms with Gasteiger partial charge >= 0.3 is 12.0 Å². The zero-order valence-corrected chi connectivity index (χ0v) is 10.5. The minimum Gasteiger partial charge on any atom is -0.480 e. The van der Waals surface area contributed by atoms with E-state index in [-0.39, 0.29) is 13.0 Å². The molecule has 0 aliphatic carbocycles. The van der Waals surface area contributed by atoms with Crippen molar-refractivity contribution in [2.75, 3.05) is 0 Å². The molecule has 2 aromatic heterocycles. The molecule has 0 aliphatic rings. The molecule has 20 heavy (non-hydrogen) atoms. The van der Waals surface area contributed by atoms with Crippen molar-refractivity contribution in [3.05, 3.63) is 36.4 Å². The van der Waals surface area contributed by atoms with Gasteiger partial charge in [0.2, 0.25) is 0 Å². The Kier molecular flexibility index (Phi) is 4.32. The summed E-state index contributed by atoms with van der Waals surface area (Å²) in [5.74, 6) is -0.534. The van der Waals surface area contributed by atoms with Crippen LogP contribution >= 0.6 is 0 Å². The molecule has 2 aromatic rings. The third-order valence-electron chi connectivity index (χ3n) is 2.55. The normalized spacial score (nSPS) is 11.8. The zero-order valence-electron chi connectivity index (χ0n) is 10.5. The molecule has 9 nitrogen and oxygen atoms in total. The molecule has 9 heteroatoms. The first kappa shape index (κ1) is 13.6. The Bertz CT molecular complexity index is 551. The summed E-state index contributed by atoms with van der Waals surface area (Å²) in [6, 6.07) is -1.61. The Balaban J connectivity index is 1.84. The van der Waals surface area contributed by atoms with Gasteiger partial charge in [-0.15, -0.1) is 0 Å². The summed E-state index contributed by atoms with van der Waals surface area (Å²) >= 11 is 0. The monoisotopic (exact) mass is 278 g/mol. The molecular weight excluding hydrogens is 264 g/mol. The minimum atomic E-state index is -1.12. The van der Waals surface area contributed by atoms with Crippen molar-refractivity contribution >= 4 is 12.0 Å². The van der Waals surface area contributed by atoms with Crippen molar-refractivity contribution in [3.63, 3.8) is 0 Å². The first-order chi connectivity index (χ1) is 9.65. The Labute approximate surface area is 113 Å². The summed E-state index contributed by atoms with van der Waals surface area (Å²) in [4.78, 5) is 36.1. The van der Waals surface area contributed by atoms with Crippen LogP contribution in [0, 0.1) is 0 Å². The summed E-state index contributed by atoms with van der Waals surface area (Å²) in [5.41, 5.74) is 0.628. The molecule has 0 aromatic carbocycles. The van der Waals surface area contributed by atoms with Crippen LogP contribution in [-0.2, 0) is 17.8 Å². The smallest absolute Gasteiger partial charge is 0.326 e. The molecule has 2 amide bonds. The van der Waals surface area contributed by atoms with Crippen LogP contribution in [-0.4, -0.2) is 43.1 Å². The van der Waals surface area contributed by atoms with Crippen LogP contribution in [0.4, 0.5) is 4.79 Å². The van der Waals surface area contributed by atoms with E-state index < -0.39 is 18.0 Å². The van der Waals surface area contributed by atoms with Crippen molar-refractivity contribution in [2.45, 2.75) is 19.0 Å². The molecule has 0 saturated heterocycles. The molecular formula is C11H14N6O3. The fourth-order valence-electron chi connectivity index (χ4n) is 1.58. The van der Waals surface area contributed by atoms with Crippen LogP contribution in [0.1, 0.15) is 11.5 Å². The predicted octanol–water partition coefficient (Wildman–Crippen LogP) is -0.372. The number of nitrogens with one attached hydrogen (secondary N) is 4. The second-order valence-corrected chi connectivity index (χ2v) is 4.03. The van der Waals surface area contributed by atoms with E-state index in [9.17, 15) is 9.59 Å². The molecule has 2 rings (SSSR count). The number of urea groups is 1. The van der Waals surface area contributed by atoms with E-state index in [1.54, 1.807) is 12.4 Å². The lowest BCUT2D eigenvalue weighted by atomic mass is 10.2. The van der Waals surface area contributed by atoms with Gasteiger partial charge in [0.25, 0.3) is 0 Å². The first-order valence-electron chi connectivity index (χ1n) is 5.88. The lowest BCUT2D eigenvalue weighted by Gasteiger charge is -2.14. The second-order valence-electron chi connectivity index (χ2n) is 4.03. The highest BCUT2D eigenvalue weighted by atomic mass is 16.4. The number of imidazole rings is 2. The minimum absolute atomic E-state index is 0.128. The average Bonchev–Trinajstić information content (AvgIpc) is 3.08. The predicted molar refractivity (Wildman–Crippen MR) is 67.7 cm³/mol. The van der Waals surface area contributed by atoms with Gasteiger partial charge in [0.05, 0.1) is 12.9 Å². The molecule has 0 aliphatic heterocycles. The standard InChI is InChI=1S/C11H14N6O3/c18-10(19)8(3-7-4-12-6-16-7)17-11(20)15-5-9-13-1-2-14-9/h1-2,4,6,8H,3,5H2,(H,12,16)(H,13,14)(H,18,19)(H2,15,17,20)/t8-/m0/s1. The van der Waals surface area contributed by atoms with E-state index in [0.717, 1.165) is 0 Å². The fraction of sp³-hybridized carbons (Fsp3) is 0.273. The second kappa shape index (κ2) is 6.36. The molecule has 0 unspecified atom stereocenters. The number of rotatable bonds is 6. The summed E-state index contributed by atoms with van der Waals surface area (Å²) in [7, 11) is 0. The number of hydrogen-bond donors (Lipinski definition) is 5. The first-order valence-corrected chi connectivity index (χ1v) is 5.88. The van der Waals surface area contributed by atoms with Gasteiger partial charge in [0.15, 0.2) is 0 Å². The molecule has 2 heterocycles. The van der Waals surface area contributed by atoms with Crippen molar-refractivity contribution in [1.82, 2.24) is 30.6 Å². The Hall–Kier alpha value is -2.84. The van der Waals surface area contributed by atoms with Crippen molar-refractivity contribution in [2.24, 2.45) is 0 Å². The van der Waals surface area contributed by atoms with Gasteiger partial charge < -0.3 is 25.7 Å². The highest BCUT2D eigenvalue weighted by molar-refractivity contribution is 5.82. The number of nitrogens with zero attached hydrogens (tertiary/aromatic N) is 2. The van der Waals surface area contributed by atoms with Gasteiger partial charge in [0.1, 0.15) is 11.9 Å². The number of hydrogen-bond acceptors (Lipinski definition) is 4. The number of aliphatic carboxylic acids is 1. The molecule has 0 fully saturated rings. The summed E-state index contributed by atoms with van der Waals surface area (Å²) < 4.78 is 0. The van der Waals surface area contributed by atoms with E-state index in [2.05, 4.69) is 30.6 Å². The number of H-pyrrole nitrogens is 2. The Morgan fingerprint density at radius 2 is 2.25 bits per heavy atom. The Morgan fingerprint density at radius 3 is 2.85 bits per heavy atom. The SMILES string of the molecule is O=C(NCc1ncc[nH]1)N[C@@H](Cc1cnc[nH]1)C(=O)O. The largest absolute Gasteiger partial charge is 0.480 e. The van der Waals surface area contributed by atoms with Crippen LogP contribution in [0.15, 0.2) is 24.9 Å². The quantitative estimate of drug-likeness (QED) is 0.491. The van der Waals surface area contributed by atoms with Crippen LogP contribution in [0.25, 0.3) is 0 Å². The molecule has 0 bridgehead atoms.